The minimum Gasteiger partial charge on any atom is -0.362 e. The number of aromatic nitrogens is 1. The Hall–Kier alpha value is -3.32. The number of rotatable bonds is 4. The van der Waals surface area contributed by atoms with Crippen molar-refractivity contribution in [3.8, 4) is 6.07 Å². The number of nitrogens with zero attached hydrogens (tertiary/aromatic N) is 4. The fourth-order valence-corrected chi connectivity index (χ4v) is 3.94. The molecule has 0 unspecified atom stereocenters. The number of nitriles is 1. The molecule has 0 radical (unpaired) electrons. The van der Waals surface area contributed by atoms with E-state index < -0.39 is 29.3 Å². The number of anilines is 3. The number of pyridine rings is 1. The van der Waals surface area contributed by atoms with Crippen LogP contribution < -0.4 is 15.1 Å². The topological polar surface area (TPSA) is 89.3 Å². The zero-order chi connectivity index (χ0) is 23.6. The van der Waals surface area contributed by atoms with Gasteiger partial charge in [0.15, 0.2) is 0 Å². The second-order valence-electron chi connectivity index (χ2n) is 7.25. The third-order valence-electron chi connectivity index (χ3n) is 5.13. The van der Waals surface area contributed by atoms with Crippen molar-refractivity contribution >= 4 is 41.0 Å². The average molecular weight is 466 g/mol. The van der Waals surface area contributed by atoms with Crippen molar-refractivity contribution in [1.82, 2.24) is 4.98 Å². The fraction of sp³-hybridized carbons (Fsp3) is 0.333. The smallest absolute Gasteiger partial charge is 0.362 e. The predicted molar refractivity (Wildman–Crippen MR) is 114 cm³/mol. The summed E-state index contributed by atoms with van der Waals surface area (Å²) in [4.78, 5) is 31.5. The molecule has 1 atom stereocenters. The number of nitrogens with one attached hydrogen (secondary N) is 1. The van der Waals surface area contributed by atoms with Crippen LogP contribution in [0.25, 0.3) is 0 Å². The molecule has 168 valence electrons. The van der Waals surface area contributed by atoms with Crippen molar-refractivity contribution in [3.05, 3.63) is 46.1 Å². The Morgan fingerprint density at radius 1 is 1.41 bits per heavy atom. The Kier molecular flexibility index (Phi) is 6.60. The molecule has 1 aliphatic heterocycles. The quantitative estimate of drug-likeness (QED) is 0.691. The lowest BCUT2D eigenvalue weighted by molar-refractivity contribution is -0.137. The van der Waals surface area contributed by atoms with Gasteiger partial charge in [-0.2, -0.15) is 18.4 Å². The predicted octanol–water partition coefficient (Wildman–Crippen LogP) is 3.79. The van der Waals surface area contributed by atoms with E-state index in [9.17, 15) is 28.0 Å². The third-order valence-corrected chi connectivity index (χ3v) is 5.44. The lowest BCUT2D eigenvalue weighted by atomic mass is 10.1. The van der Waals surface area contributed by atoms with Crippen LogP contribution in [0.15, 0.2) is 24.3 Å². The molecule has 7 nitrogen and oxygen atoms in total. The monoisotopic (exact) mass is 465 g/mol. The van der Waals surface area contributed by atoms with Gasteiger partial charge in [-0.3, -0.25) is 4.79 Å². The summed E-state index contributed by atoms with van der Waals surface area (Å²) < 4.78 is 40.3. The molecule has 0 saturated heterocycles. The highest BCUT2D eigenvalue weighted by Gasteiger charge is 2.37. The Morgan fingerprint density at radius 3 is 2.75 bits per heavy atom. The Balaban J connectivity index is 2.05. The van der Waals surface area contributed by atoms with Gasteiger partial charge >= 0.3 is 6.18 Å². The number of benzene rings is 1. The zero-order valence-electron chi connectivity index (χ0n) is 17.2. The lowest BCUT2D eigenvalue weighted by Gasteiger charge is -2.35. The molecule has 2 aromatic rings. The number of amides is 1. The van der Waals surface area contributed by atoms with E-state index in [4.69, 9.17) is 11.6 Å². The molecule has 1 N–H and O–H groups in total. The second kappa shape index (κ2) is 9.04. The van der Waals surface area contributed by atoms with Gasteiger partial charge in [-0.25, -0.2) is 4.98 Å². The number of fused-ring (bicyclic) bond motifs is 1. The summed E-state index contributed by atoms with van der Waals surface area (Å²) in [5.41, 5.74) is -0.800. The van der Waals surface area contributed by atoms with E-state index in [1.165, 1.54) is 18.9 Å². The van der Waals surface area contributed by atoms with Gasteiger partial charge < -0.3 is 19.9 Å². The van der Waals surface area contributed by atoms with Gasteiger partial charge in [0.1, 0.15) is 29.8 Å². The van der Waals surface area contributed by atoms with Crippen LogP contribution in [0.3, 0.4) is 0 Å². The van der Waals surface area contributed by atoms with Gasteiger partial charge in [-0.15, -0.1) is 0 Å². The van der Waals surface area contributed by atoms with E-state index in [0.29, 0.717) is 22.7 Å². The van der Waals surface area contributed by atoms with Crippen molar-refractivity contribution < 1.29 is 22.8 Å². The second-order valence-corrected chi connectivity index (χ2v) is 7.65. The standard InChI is InChI=1S/C21H19ClF3N5O2/c1-12-10-14(21(23,24)25)13(11-26)19(27-12)28-16-6-7-30(8-9-31)18-15(22)4-3-5-17(18)29(2)20(16)32/h3-5,9-10,16H,6-8H2,1-2H3,(H,27,28)/t16-/m0/s1. The highest BCUT2D eigenvalue weighted by molar-refractivity contribution is 6.34. The molecule has 0 spiro atoms. The summed E-state index contributed by atoms with van der Waals surface area (Å²) in [6.45, 7) is 1.60. The minimum atomic E-state index is -4.76. The molecule has 11 heteroatoms. The van der Waals surface area contributed by atoms with Crippen molar-refractivity contribution in [3.63, 3.8) is 0 Å². The van der Waals surface area contributed by atoms with Crippen LogP contribution >= 0.6 is 11.6 Å². The zero-order valence-corrected chi connectivity index (χ0v) is 18.0. The van der Waals surface area contributed by atoms with Crippen LogP contribution in [0.2, 0.25) is 5.02 Å². The molecule has 1 aliphatic rings. The van der Waals surface area contributed by atoms with Crippen LogP contribution in [0.5, 0.6) is 0 Å². The van der Waals surface area contributed by atoms with Crippen LogP contribution in [0.4, 0.5) is 30.4 Å². The Bertz CT molecular complexity index is 1100. The van der Waals surface area contributed by atoms with E-state index >= 15 is 0 Å². The van der Waals surface area contributed by atoms with Gasteiger partial charge in [0.25, 0.3) is 0 Å². The Morgan fingerprint density at radius 2 is 2.12 bits per heavy atom. The number of para-hydroxylation sites is 1. The van der Waals surface area contributed by atoms with Gasteiger partial charge in [0.05, 0.1) is 28.5 Å². The molecule has 0 saturated carbocycles. The first-order valence-electron chi connectivity index (χ1n) is 9.58. The summed E-state index contributed by atoms with van der Waals surface area (Å²) >= 11 is 6.33. The van der Waals surface area contributed by atoms with E-state index in [-0.39, 0.29) is 31.0 Å². The minimum absolute atomic E-state index is 0.00977. The first kappa shape index (κ1) is 23.3. The molecular weight excluding hydrogens is 447 g/mol. The first-order valence-corrected chi connectivity index (χ1v) is 9.96. The van der Waals surface area contributed by atoms with Crippen LogP contribution in [0.1, 0.15) is 23.2 Å². The molecule has 0 aliphatic carbocycles. The van der Waals surface area contributed by atoms with E-state index in [0.717, 1.165) is 6.07 Å². The summed E-state index contributed by atoms with van der Waals surface area (Å²) in [6.07, 6.45) is -3.93. The summed E-state index contributed by atoms with van der Waals surface area (Å²) in [5.74, 6) is -0.763. The molecule has 1 aromatic heterocycles. The Labute approximate surface area is 187 Å². The fourth-order valence-electron chi connectivity index (χ4n) is 3.65. The highest BCUT2D eigenvalue weighted by atomic mass is 35.5. The number of carbonyl (C=O) groups is 2. The molecular formula is C21H19ClF3N5O2. The number of carbonyl (C=O) groups excluding carboxylic acids is 2. The van der Waals surface area contributed by atoms with Crippen molar-refractivity contribution in [1.29, 1.82) is 5.26 Å². The van der Waals surface area contributed by atoms with Gasteiger partial charge in [0, 0.05) is 19.3 Å². The number of aldehydes is 1. The molecule has 32 heavy (non-hydrogen) atoms. The number of hydrogen-bond acceptors (Lipinski definition) is 6. The average Bonchev–Trinajstić information content (AvgIpc) is 2.73. The van der Waals surface area contributed by atoms with E-state index in [1.54, 1.807) is 29.2 Å². The summed E-state index contributed by atoms with van der Waals surface area (Å²) in [7, 11) is 1.51. The van der Waals surface area contributed by atoms with Crippen molar-refractivity contribution in [2.24, 2.45) is 0 Å². The molecule has 0 bridgehead atoms. The third kappa shape index (κ3) is 4.48. The molecule has 2 heterocycles. The normalized spacial score (nSPS) is 16.7. The number of halogens is 4. The molecule has 1 amide bonds. The van der Waals surface area contributed by atoms with E-state index in [2.05, 4.69) is 10.3 Å². The molecule has 3 rings (SSSR count). The van der Waals surface area contributed by atoms with Gasteiger partial charge in [0.2, 0.25) is 5.91 Å². The largest absolute Gasteiger partial charge is 0.417 e. The lowest BCUT2D eigenvalue weighted by Crippen LogP contribution is -2.46. The van der Waals surface area contributed by atoms with Crippen LogP contribution in [-0.2, 0) is 15.8 Å². The van der Waals surface area contributed by atoms with Crippen LogP contribution in [-0.4, -0.2) is 43.4 Å². The van der Waals surface area contributed by atoms with Crippen molar-refractivity contribution in [2.75, 3.05) is 35.3 Å². The van der Waals surface area contributed by atoms with E-state index in [1.807, 2.05) is 0 Å². The van der Waals surface area contributed by atoms with Crippen molar-refractivity contribution in [2.45, 2.75) is 25.6 Å². The number of alkyl halides is 3. The molecule has 0 fully saturated rings. The number of likely N-dealkylation sites (N-methyl/N-ethyl adjacent to an activating group) is 1. The summed E-state index contributed by atoms with van der Waals surface area (Å²) in [5, 5.41) is 12.5. The first-order chi connectivity index (χ1) is 15.1. The maximum absolute atomic E-state index is 13.4. The number of aryl methyl sites for hydroxylation is 1. The highest BCUT2D eigenvalue weighted by Crippen LogP contribution is 2.38. The maximum Gasteiger partial charge on any atom is 0.417 e. The molecule has 1 aromatic carbocycles. The SMILES string of the molecule is Cc1cc(C(F)(F)F)c(C#N)c(N[C@H]2CCN(CC=O)c3c(Cl)cccc3N(C)C2=O)n1. The maximum atomic E-state index is 13.4. The van der Waals surface area contributed by atoms with Crippen LogP contribution in [0, 0.1) is 18.3 Å². The van der Waals surface area contributed by atoms with Gasteiger partial charge in [-0.05, 0) is 31.5 Å². The number of hydrogen-bond donors (Lipinski definition) is 1. The summed E-state index contributed by atoms with van der Waals surface area (Å²) in [6, 6.07) is 6.30. The van der Waals surface area contributed by atoms with Gasteiger partial charge in [-0.1, -0.05) is 17.7 Å².